The SMILES string of the molecule is CCC1NNC(S(=O)(=O)NCC(C)c2ccccc2)C1C(=O)OC. The van der Waals surface area contributed by atoms with Gasteiger partial charge in [0.2, 0.25) is 10.0 Å². The first-order valence-electron chi connectivity index (χ1n) is 8.03. The lowest BCUT2D eigenvalue weighted by Gasteiger charge is -2.21. The predicted molar refractivity (Wildman–Crippen MR) is 91.4 cm³/mol. The van der Waals surface area contributed by atoms with Crippen LogP contribution in [-0.4, -0.2) is 39.5 Å². The Bertz CT molecular complexity index is 651. The summed E-state index contributed by atoms with van der Waals surface area (Å²) < 4.78 is 32.7. The highest BCUT2D eigenvalue weighted by molar-refractivity contribution is 7.90. The second-order valence-electron chi connectivity index (χ2n) is 5.98. The number of nitrogens with one attached hydrogen (secondary N) is 3. The molecule has 4 atom stereocenters. The predicted octanol–water partition coefficient (Wildman–Crippen LogP) is 0.711. The summed E-state index contributed by atoms with van der Waals surface area (Å²) in [6.45, 7) is 4.09. The summed E-state index contributed by atoms with van der Waals surface area (Å²) in [7, 11) is -2.47. The molecule has 3 N–H and O–H groups in total. The van der Waals surface area contributed by atoms with E-state index in [4.69, 9.17) is 4.74 Å². The van der Waals surface area contributed by atoms with E-state index in [1.54, 1.807) is 0 Å². The van der Waals surface area contributed by atoms with Crippen LogP contribution >= 0.6 is 0 Å². The molecule has 1 aromatic carbocycles. The number of carbonyl (C=O) groups is 1. The van der Waals surface area contributed by atoms with Gasteiger partial charge in [-0.3, -0.25) is 10.2 Å². The molecule has 0 aromatic heterocycles. The van der Waals surface area contributed by atoms with E-state index >= 15 is 0 Å². The number of sulfonamides is 1. The fourth-order valence-corrected chi connectivity index (χ4v) is 4.43. The quantitative estimate of drug-likeness (QED) is 0.624. The van der Waals surface area contributed by atoms with Gasteiger partial charge in [0.15, 0.2) is 5.37 Å². The van der Waals surface area contributed by atoms with E-state index in [1.807, 2.05) is 44.2 Å². The number of rotatable bonds is 7. The zero-order valence-corrected chi connectivity index (χ0v) is 15.0. The molecular formula is C16H25N3O4S. The van der Waals surface area contributed by atoms with E-state index in [1.165, 1.54) is 7.11 Å². The Hall–Kier alpha value is -1.48. The van der Waals surface area contributed by atoms with Gasteiger partial charge >= 0.3 is 5.97 Å². The van der Waals surface area contributed by atoms with Gasteiger partial charge in [0.1, 0.15) is 5.92 Å². The van der Waals surface area contributed by atoms with E-state index in [9.17, 15) is 13.2 Å². The van der Waals surface area contributed by atoms with Gasteiger partial charge in [-0.05, 0) is 17.9 Å². The maximum Gasteiger partial charge on any atom is 0.313 e. The molecule has 1 aliphatic heterocycles. The van der Waals surface area contributed by atoms with Crippen LogP contribution in [0, 0.1) is 5.92 Å². The first kappa shape index (κ1) is 18.9. The number of esters is 1. The average Bonchev–Trinajstić information content (AvgIpc) is 3.04. The normalized spacial score (nSPS) is 25.4. The molecule has 0 radical (unpaired) electrons. The second-order valence-corrected chi connectivity index (χ2v) is 7.86. The van der Waals surface area contributed by atoms with Gasteiger partial charge in [0, 0.05) is 12.6 Å². The van der Waals surface area contributed by atoms with Gasteiger partial charge in [-0.25, -0.2) is 18.6 Å². The molecule has 134 valence electrons. The highest BCUT2D eigenvalue weighted by atomic mass is 32.2. The van der Waals surface area contributed by atoms with E-state index in [-0.39, 0.29) is 18.5 Å². The van der Waals surface area contributed by atoms with Crippen LogP contribution in [0.4, 0.5) is 0 Å². The van der Waals surface area contributed by atoms with E-state index in [0.717, 1.165) is 5.56 Å². The van der Waals surface area contributed by atoms with Crippen molar-refractivity contribution in [2.24, 2.45) is 5.92 Å². The zero-order valence-electron chi connectivity index (χ0n) is 14.2. The minimum Gasteiger partial charge on any atom is -0.469 e. The number of benzene rings is 1. The summed E-state index contributed by atoms with van der Waals surface area (Å²) in [6, 6.07) is 9.38. The third-order valence-electron chi connectivity index (χ3n) is 4.38. The van der Waals surface area contributed by atoms with Gasteiger partial charge in [-0.15, -0.1) is 0 Å². The number of hydrazine groups is 1. The molecule has 1 heterocycles. The molecule has 4 unspecified atom stereocenters. The molecule has 0 aliphatic carbocycles. The summed E-state index contributed by atoms with van der Waals surface area (Å²) in [6.07, 6.45) is 0.610. The molecule has 0 bridgehead atoms. The largest absolute Gasteiger partial charge is 0.469 e. The molecular weight excluding hydrogens is 330 g/mol. The molecule has 7 nitrogen and oxygen atoms in total. The van der Waals surface area contributed by atoms with Crippen LogP contribution in [0.2, 0.25) is 0 Å². The molecule has 1 aromatic rings. The van der Waals surface area contributed by atoms with Crippen molar-refractivity contribution in [2.45, 2.75) is 37.6 Å². The van der Waals surface area contributed by atoms with Crippen LogP contribution in [0.5, 0.6) is 0 Å². The Kier molecular flexibility index (Phi) is 6.34. The lowest BCUT2D eigenvalue weighted by atomic mass is 10.00. The Labute approximate surface area is 143 Å². The molecule has 0 amide bonds. The second kappa shape index (κ2) is 8.06. The van der Waals surface area contributed by atoms with Crippen molar-refractivity contribution in [1.29, 1.82) is 0 Å². The molecule has 0 spiro atoms. The topological polar surface area (TPSA) is 96.5 Å². The van der Waals surface area contributed by atoms with Gasteiger partial charge in [-0.1, -0.05) is 44.2 Å². The van der Waals surface area contributed by atoms with Gasteiger partial charge in [-0.2, -0.15) is 0 Å². The highest BCUT2D eigenvalue weighted by Gasteiger charge is 2.47. The number of ether oxygens (including phenoxy) is 1. The van der Waals surface area contributed by atoms with E-state index in [2.05, 4.69) is 15.6 Å². The van der Waals surface area contributed by atoms with Gasteiger partial charge in [0.25, 0.3) is 0 Å². The summed E-state index contributed by atoms with van der Waals surface area (Å²) in [5.74, 6) is -1.30. The Morgan fingerprint density at radius 3 is 2.54 bits per heavy atom. The number of hydrogen-bond acceptors (Lipinski definition) is 6. The Morgan fingerprint density at radius 1 is 1.29 bits per heavy atom. The third kappa shape index (κ3) is 4.13. The molecule has 1 saturated heterocycles. The van der Waals surface area contributed by atoms with Gasteiger partial charge < -0.3 is 4.74 Å². The molecule has 0 saturated carbocycles. The minimum absolute atomic E-state index is 0.0221. The highest BCUT2D eigenvalue weighted by Crippen LogP contribution is 2.23. The zero-order chi connectivity index (χ0) is 17.7. The van der Waals surface area contributed by atoms with E-state index in [0.29, 0.717) is 6.42 Å². The Morgan fingerprint density at radius 2 is 1.96 bits per heavy atom. The van der Waals surface area contributed by atoms with Crippen LogP contribution in [0.3, 0.4) is 0 Å². The number of methoxy groups -OCH3 is 1. The average molecular weight is 355 g/mol. The molecule has 1 fully saturated rings. The fraction of sp³-hybridized carbons (Fsp3) is 0.562. The van der Waals surface area contributed by atoms with Crippen molar-refractivity contribution in [1.82, 2.24) is 15.6 Å². The summed E-state index contributed by atoms with van der Waals surface area (Å²) in [5, 5.41) is -1.06. The lowest BCUT2D eigenvalue weighted by Crippen LogP contribution is -2.47. The van der Waals surface area contributed by atoms with Crippen LogP contribution in [0.1, 0.15) is 31.7 Å². The standard InChI is InChI=1S/C16H25N3O4S/c1-4-13-14(16(20)23-3)15(19-18-13)24(21,22)17-10-11(2)12-8-6-5-7-9-12/h5-9,11,13-15,17-19H,4,10H2,1-3H3. The fourth-order valence-electron chi connectivity index (χ4n) is 2.86. The van der Waals surface area contributed by atoms with Crippen LogP contribution in [0.25, 0.3) is 0 Å². The summed E-state index contributed by atoms with van der Waals surface area (Å²) in [5.41, 5.74) is 6.65. The maximum atomic E-state index is 12.6. The molecule has 24 heavy (non-hydrogen) atoms. The molecule has 8 heteroatoms. The van der Waals surface area contributed by atoms with E-state index < -0.39 is 27.3 Å². The monoisotopic (exact) mass is 355 g/mol. The molecule has 1 aliphatic rings. The van der Waals surface area contributed by atoms with Crippen molar-refractivity contribution in [3.05, 3.63) is 35.9 Å². The maximum absolute atomic E-state index is 12.6. The summed E-state index contributed by atoms with van der Waals surface area (Å²) >= 11 is 0. The Balaban J connectivity index is 2.07. The van der Waals surface area contributed by atoms with Crippen molar-refractivity contribution < 1.29 is 17.9 Å². The lowest BCUT2D eigenvalue weighted by molar-refractivity contribution is -0.145. The number of hydrogen-bond donors (Lipinski definition) is 3. The van der Waals surface area contributed by atoms with Crippen LogP contribution in [-0.2, 0) is 19.6 Å². The van der Waals surface area contributed by atoms with Crippen molar-refractivity contribution >= 4 is 16.0 Å². The van der Waals surface area contributed by atoms with Crippen molar-refractivity contribution in [3.8, 4) is 0 Å². The number of carbonyl (C=O) groups excluding carboxylic acids is 1. The first-order chi connectivity index (χ1) is 11.4. The van der Waals surface area contributed by atoms with Crippen LogP contribution in [0.15, 0.2) is 30.3 Å². The smallest absolute Gasteiger partial charge is 0.313 e. The summed E-state index contributed by atoms with van der Waals surface area (Å²) in [4.78, 5) is 12.0. The minimum atomic E-state index is -3.73. The van der Waals surface area contributed by atoms with Crippen molar-refractivity contribution in [3.63, 3.8) is 0 Å². The van der Waals surface area contributed by atoms with Crippen molar-refractivity contribution in [2.75, 3.05) is 13.7 Å². The van der Waals surface area contributed by atoms with Gasteiger partial charge in [0.05, 0.1) is 7.11 Å². The molecule has 2 rings (SSSR count). The third-order valence-corrected chi connectivity index (χ3v) is 6.03. The first-order valence-corrected chi connectivity index (χ1v) is 9.57. The van der Waals surface area contributed by atoms with Crippen LogP contribution < -0.4 is 15.6 Å².